The number of nitrogens with zero attached hydrogens (tertiary/aromatic N) is 3. The number of carbonyl (C=O) groups excluding carboxylic acids is 1. The van der Waals surface area contributed by atoms with Gasteiger partial charge in [0.2, 0.25) is 15.9 Å². The molecule has 136 valence electrons. The number of aromatic nitrogens is 2. The van der Waals surface area contributed by atoms with Crippen LogP contribution >= 0.6 is 0 Å². The van der Waals surface area contributed by atoms with Crippen LogP contribution in [0.4, 0.5) is 0 Å². The zero-order valence-electron chi connectivity index (χ0n) is 14.4. The van der Waals surface area contributed by atoms with Gasteiger partial charge in [-0.1, -0.05) is 19.0 Å². The summed E-state index contributed by atoms with van der Waals surface area (Å²) in [5, 5.41) is 8.95. The van der Waals surface area contributed by atoms with Gasteiger partial charge in [-0.25, -0.2) is 13.6 Å². The highest BCUT2D eigenvalue weighted by molar-refractivity contribution is 7.89. The molecule has 1 amide bonds. The zero-order chi connectivity index (χ0) is 18.8. The van der Waals surface area contributed by atoms with Gasteiger partial charge in [0.15, 0.2) is 5.82 Å². The van der Waals surface area contributed by atoms with Crippen LogP contribution in [0.3, 0.4) is 0 Å². The predicted molar refractivity (Wildman–Crippen MR) is 88.6 cm³/mol. The van der Waals surface area contributed by atoms with E-state index in [1.54, 1.807) is 0 Å². The van der Waals surface area contributed by atoms with E-state index in [1.807, 2.05) is 13.8 Å². The van der Waals surface area contributed by atoms with Crippen molar-refractivity contribution in [3.63, 3.8) is 0 Å². The minimum absolute atomic E-state index is 0.0732. The average Bonchev–Trinajstić information content (AvgIpc) is 3.01. The van der Waals surface area contributed by atoms with Gasteiger partial charge in [-0.05, 0) is 18.2 Å². The second kappa shape index (κ2) is 7.19. The lowest BCUT2D eigenvalue weighted by Gasteiger charge is -2.17. The second-order valence-electron chi connectivity index (χ2n) is 5.77. The quantitative estimate of drug-likeness (QED) is 0.809. The molecule has 2 rings (SSSR count). The Morgan fingerprint density at radius 1 is 1.40 bits per heavy atom. The van der Waals surface area contributed by atoms with Gasteiger partial charge in [-0.2, -0.15) is 4.98 Å². The Morgan fingerprint density at radius 2 is 2.08 bits per heavy atom. The van der Waals surface area contributed by atoms with Crippen molar-refractivity contribution in [2.45, 2.75) is 31.2 Å². The van der Waals surface area contributed by atoms with Crippen LogP contribution in [0.5, 0.6) is 5.75 Å². The molecule has 1 aromatic heterocycles. The Hall–Kier alpha value is -2.46. The Labute approximate surface area is 145 Å². The number of ether oxygens (including phenoxy) is 1. The summed E-state index contributed by atoms with van der Waals surface area (Å²) in [5.74, 6) is 0.679. The number of amides is 1. The van der Waals surface area contributed by atoms with Crippen LogP contribution in [0.25, 0.3) is 0 Å². The fourth-order valence-corrected chi connectivity index (χ4v) is 2.63. The molecule has 9 nitrogen and oxygen atoms in total. The summed E-state index contributed by atoms with van der Waals surface area (Å²) in [6, 6.07) is 3.84. The van der Waals surface area contributed by atoms with Crippen LogP contribution < -0.4 is 9.88 Å². The van der Waals surface area contributed by atoms with Gasteiger partial charge in [-0.3, -0.25) is 4.79 Å². The number of primary sulfonamides is 1. The lowest BCUT2D eigenvalue weighted by atomic mass is 10.1. The first-order valence-corrected chi connectivity index (χ1v) is 8.97. The molecule has 2 N–H and O–H groups in total. The largest absolute Gasteiger partial charge is 0.496 e. The fourth-order valence-electron chi connectivity index (χ4n) is 2.09. The predicted octanol–water partition coefficient (Wildman–Crippen LogP) is 1.12. The van der Waals surface area contributed by atoms with E-state index in [9.17, 15) is 13.2 Å². The third kappa shape index (κ3) is 4.34. The summed E-state index contributed by atoms with van der Waals surface area (Å²) in [7, 11) is -1.02. The highest BCUT2D eigenvalue weighted by Crippen LogP contribution is 2.23. The molecule has 0 aliphatic carbocycles. The molecule has 0 radical (unpaired) electrons. The standard InChI is InChI=1S/C15H20N4O5S/c1-9(2)14-17-13(18-24-14)8-19(3)15(20)11-7-10(25(16,21)22)5-6-12(11)23-4/h5-7,9H,8H2,1-4H3,(H2,16,21,22). The fraction of sp³-hybridized carbons (Fsp3) is 0.400. The SMILES string of the molecule is COc1ccc(S(N)(=O)=O)cc1C(=O)N(C)Cc1noc(C(C)C)n1. The van der Waals surface area contributed by atoms with Crippen molar-refractivity contribution in [2.75, 3.05) is 14.2 Å². The summed E-state index contributed by atoms with van der Waals surface area (Å²) in [6.45, 7) is 3.92. The van der Waals surface area contributed by atoms with E-state index in [4.69, 9.17) is 14.4 Å². The molecule has 1 aromatic carbocycles. The highest BCUT2D eigenvalue weighted by Gasteiger charge is 2.22. The molecule has 2 aromatic rings. The maximum Gasteiger partial charge on any atom is 0.257 e. The monoisotopic (exact) mass is 368 g/mol. The lowest BCUT2D eigenvalue weighted by molar-refractivity contribution is 0.0777. The minimum atomic E-state index is -3.94. The van der Waals surface area contributed by atoms with Crippen molar-refractivity contribution in [1.82, 2.24) is 15.0 Å². The van der Waals surface area contributed by atoms with Crippen molar-refractivity contribution < 1.29 is 22.5 Å². The smallest absolute Gasteiger partial charge is 0.257 e. The number of nitrogens with two attached hydrogens (primary N) is 1. The molecule has 0 aliphatic heterocycles. The van der Waals surface area contributed by atoms with E-state index in [0.29, 0.717) is 11.7 Å². The Bertz CT molecular complexity index is 876. The van der Waals surface area contributed by atoms with E-state index in [-0.39, 0.29) is 28.7 Å². The summed E-state index contributed by atoms with van der Waals surface area (Å²) >= 11 is 0. The van der Waals surface area contributed by atoms with Gasteiger partial charge in [0.1, 0.15) is 5.75 Å². The summed E-state index contributed by atoms with van der Waals surface area (Å²) in [4.78, 5) is 18.0. The second-order valence-corrected chi connectivity index (χ2v) is 7.33. The molecular weight excluding hydrogens is 348 g/mol. The van der Waals surface area contributed by atoms with E-state index >= 15 is 0 Å². The maximum atomic E-state index is 12.7. The highest BCUT2D eigenvalue weighted by atomic mass is 32.2. The number of rotatable bonds is 6. The van der Waals surface area contributed by atoms with Crippen molar-refractivity contribution in [3.05, 3.63) is 35.5 Å². The lowest BCUT2D eigenvalue weighted by Crippen LogP contribution is -2.27. The third-order valence-corrected chi connectivity index (χ3v) is 4.34. The Kier molecular flexibility index (Phi) is 5.43. The van der Waals surface area contributed by atoms with Gasteiger partial charge in [0.25, 0.3) is 5.91 Å². The molecule has 0 fully saturated rings. The van der Waals surface area contributed by atoms with Crippen LogP contribution in [0.1, 0.15) is 41.8 Å². The van der Waals surface area contributed by atoms with Gasteiger partial charge >= 0.3 is 0 Å². The molecule has 0 bridgehead atoms. The van der Waals surface area contributed by atoms with Crippen LogP contribution in [-0.2, 0) is 16.6 Å². The van der Waals surface area contributed by atoms with E-state index in [0.717, 1.165) is 0 Å². The molecule has 0 saturated heterocycles. The molecular formula is C15H20N4O5S. The van der Waals surface area contributed by atoms with Crippen molar-refractivity contribution in [1.29, 1.82) is 0 Å². The third-order valence-electron chi connectivity index (χ3n) is 3.43. The van der Waals surface area contributed by atoms with Gasteiger partial charge in [0, 0.05) is 13.0 Å². The van der Waals surface area contributed by atoms with Crippen LogP contribution in [-0.4, -0.2) is 43.5 Å². The normalized spacial score (nSPS) is 11.6. The van der Waals surface area contributed by atoms with E-state index in [1.165, 1.54) is 37.3 Å². The first-order valence-electron chi connectivity index (χ1n) is 7.42. The summed E-state index contributed by atoms with van der Waals surface area (Å²) in [5.41, 5.74) is 0.0732. The zero-order valence-corrected chi connectivity index (χ0v) is 15.2. The molecule has 0 aliphatic rings. The Balaban J connectivity index is 2.28. The van der Waals surface area contributed by atoms with Crippen LogP contribution in [0.2, 0.25) is 0 Å². The van der Waals surface area contributed by atoms with E-state index in [2.05, 4.69) is 10.1 Å². The van der Waals surface area contributed by atoms with Crippen LogP contribution in [0, 0.1) is 0 Å². The average molecular weight is 368 g/mol. The number of methoxy groups -OCH3 is 1. The topological polar surface area (TPSA) is 129 Å². The molecule has 25 heavy (non-hydrogen) atoms. The molecule has 10 heteroatoms. The number of sulfonamides is 1. The molecule has 0 atom stereocenters. The summed E-state index contributed by atoms with van der Waals surface area (Å²) < 4.78 is 33.3. The first kappa shape index (κ1) is 18.9. The van der Waals surface area contributed by atoms with Crippen molar-refractivity contribution in [3.8, 4) is 5.75 Å². The van der Waals surface area contributed by atoms with Crippen molar-refractivity contribution >= 4 is 15.9 Å². The molecule has 0 spiro atoms. The Morgan fingerprint density at radius 3 is 2.60 bits per heavy atom. The van der Waals surface area contributed by atoms with Gasteiger partial charge in [0.05, 0.1) is 24.1 Å². The number of benzene rings is 1. The minimum Gasteiger partial charge on any atom is -0.496 e. The number of carbonyl (C=O) groups is 1. The molecule has 0 unspecified atom stereocenters. The van der Waals surface area contributed by atoms with Gasteiger partial charge < -0.3 is 14.2 Å². The summed E-state index contributed by atoms with van der Waals surface area (Å²) in [6.07, 6.45) is 0. The number of hydrogen-bond acceptors (Lipinski definition) is 7. The van der Waals surface area contributed by atoms with Crippen molar-refractivity contribution in [2.24, 2.45) is 5.14 Å². The molecule has 0 saturated carbocycles. The van der Waals surface area contributed by atoms with E-state index < -0.39 is 15.9 Å². The van der Waals surface area contributed by atoms with Gasteiger partial charge in [-0.15, -0.1) is 0 Å². The first-order chi connectivity index (χ1) is 11.6. The maximum absolute atomic E-state index is 12.7. The van der Waals surface area contributed by atoms with Crippen LogP contribution in [0.15, 0.2) is 27.6 Å². The number of hydrogen-bond donors (Lipinski definition) is 1. The molecule has 1 heterocycles.